The molecule has 90 valence electrons. The third-order valence-electron chi connectivity index (χ3n) is 2.08. The van der Waals surface area contributed by atoms with Crippen LogP contribution in [0.1, 0.15) is 19.8 Å². The van der Waals surface area contributed by atoms with Gasteiger partial charge in [0.15, 0.2) is 0 Å². The molecule has 2 nitrogen and oxygen atoms in total. The molecule has 0 unspecified atom stereocenters. The average Bonchev–Trinajstić information content (AvgIpc) is 2.26. The van der Waals surface area contributed by atoms with Gasteiger partial charge in [0.05, 0.1) is 11.6 Å². The van der Waals surface area contributed by atoms with Gasteiger partial charge >= 0.3 is 0 Å². The van der Waals surface area contributed by atoms with Crippen LogP contribution in [-0.4, -0.2) is 19.7 Å². The molecule has 0 radical (unpaired) electrons. The number of halogens is 2. The van der Waals surface area contributed by atoms with Gasteiger partial charge in [-0.15, -0.1) is 0 Å². The van der Waals surface area contributed by atoms with Gasteiger partial charge in [0, 0.05) is 0 Å². The van der Waals surface area contributed by atoms with Crippen molar-refractivity contribution in [1.29, 1.82) is 0 Å². The average molecular weight is 246 g/mol. The molecule has 0 aliphatic carbocycles. The highest BCUT2D eigenvalue weighted by Crippen LogP contribution is 2.24. The Kier molecular flexibility index (Phi) is 6.19. The molecular formula is C12H17ClFNO. The van der Waals surface area contributed by atoms with Gasteiger partial charge in [0.25, 0.3) is 0 Å². The zero-order chi connectivity index (χ0) is 11.8. The Morgan fingerprint density at radius 3 is 2.88 bits per heavy atom. The lowest BCUT2D eigenvalue weighted by Gasteiger charge is -2.08. The van der Waals surface area contributed by atoms with E-state index in [4.69, 9.17) is 16.3 Å². The number of hydrogen-bond acceptors (Lipinski definition) is 2. The SMILES string of the molecule is CCCNCCCOc1ccc(F)cc1Cl. The highest BCUT2D eigenvalue weighted by molar-refractivity contribution is 6.32. The second-order valence-electron chi connectivity index (χ2n) is 3.53. The molecule has 1 rings (SSSR count). The van der Waals surface area contributed by atoms with Crippen LogP contribution in [0.25, 0.3) is 0 Å². The first-order chi connectivity index (χ1) is 7.74. The molecule has 0 amide bonds. The summed E-state index contributed by atoms with van der Waals surface area (Å²) in [6.07, 6.45) is 2.04. The summed E-state index contributed by atoms with van der Waals surface area (Å²) in [6.45, 7) is 4.66. The number of nitrogens with one attached hydrogen (secondary N) is 1. The van der Waals surface area contributed by atoms with Crippen molar-refractivity contribution in [2.24, 2.45) is 0 Å². The van der Waals surface area contributed by atoms with Crippen LogP contribution >= 0.6 is 11.6 Å². The van der Waals surface area contributed by atoms with Crippen LogP contribution in [-0.2, 0) is 0 Å². The van der Waals surface area contributed by atoms with E-state index in [1.54, 1.807) is 6.07 Å². The fourth-order valence-electron chi connectivity index (χ4n) is 1.27. The molecule has 0 aliphatic heterocycles. The lowest BCUT2D eigenvalue weighted by Crippen LogP contribution is -2.18. The van der Waals surface area contributed by atoms with Crippen molar-refractivity contribution in [1.82, 2.24) is 5.32 Å². The summed E-state index contributed by atoms with van der Waals surface area (Å²) in [7, 11) is 0. The van der Waals surface area contributed by atoms with Crippen molar-refractivity contribution < 1.29 is 9.13 Å². The maximum Gasteiger partial charge on any atom is 0.138 e. The van der Waals surface area contributed by atoms with Gasteiger partial charge in [-0.25, -0.2) is 4.39 Å². The maximum absolute atomic E-state index is 12.7. The van der Waals surface area contributed by atoms with Crippen LogP contribution in [0.15, 0.2) is 18.2 Å². The van der Waals surface area contributed by atoms with Crippen LogP contribution in [0, 0.1) is 5.82 Å². The first-order valence-corrected chi connectivity index (χ1v) is 5.90. The Hall–Kier alpha value is -0.800. The minimum Gasteiger partial charge on any atom is -0.492 e. The second-order valence-corrected chi connectivity index (χ2v) is 3.93. The molecule has 0 saturated heterocycles. The van der Waals surface area contributed by atoms with E-state index >= 15 is 0 Å². The normalized spacial score (nSPS) is 10.4. The summed E-state index contributed by atoms with van der Waals surface area (Å²) in [5, 5.41) is 3.59. The van der Waals surface area contributed by atoms with E-state index in [1.165, 1.54) is 12.1 Å². The molecule has 1 N–H and O–H groups in total. The Morgan fingerprint density at radius 2 is 2.19 bits per heavy atom. The topological polar surface area (TPSA) is 21.3 Å². The third kappa shape index (κ3) is 4.81. The molecule has 1 aromatic carbocycles. The first kappa shape index (κ1) is 13.3. The molecule has 4 heteroatoms. The molecule has 1 aromatic rings. The molecule has 0 bridgehead atoms. The van der Waals surface area contributed by atoms with E-state index in [2.05, 4.69) is 12.2 Å². The largest absolute Gasteiger partial charge is 0.492 e. The summed E-state index contributed by atoms with van der Waals surface area (Å²) < 4.78 is 18.2. The number of ether oxygens (including phenoxy) is 1. The van der Waals surface area contributed by atoms with E-state index in [1.807, 2.05) is 0 Å². The highest BCUT2D eigenvalue weighted by atomic mass is 35.5. The molecule has 0 saturated carbocycles. The van der Waals surface area contributed by atoms with Crippen LogP contribution < -0.4 is 10.1 Å². The summed E-state index contributed by atoms with van der Waals surface area (Å²) >= 11 is 5.81. The standard InChI is InChI=1S/C12H17ClFNO/c1-2-6-15-7-3-8-16-12-5-4-10(14)9-11(12)13/h4-5,9,15H,2-3,6-8H2,1H3. The molecule has 0 aliphatic rings. The van der Waals surface area contributed by atoms with E-state index in [9.17, 15) is 4.39 Å². The van der Waals surface area contributed by atoms with E-state index in [0.29, 0.717) is 17.4 Å². The third-order valence-corrected chi connectivity index (χ3v) is 2.37. The molecular weight excluding hydrogens is 229 g/mol. The smallest absolute Gasteiger partial charge is 0.138 e. The van der Waals surface area contributed by atoms with Crippen molar-refractivity contribution >= 4 is 11.6 Å². The Morgan fingerprint density at radius 1 is 1.38 bits per heavy atom. The Balaban J connectivity index is 2.21. The van der Waals surface area contributed by atoms with Gasteiger partial charge in [0.2, 0.25) is 0 Å². The van der Waals surface area contributed by atoms with Crippen LogP contribution in [0.5, 0.6) is 5.75 Å². The van der Waals surface area contributed by atoms with Crippen LogP contribution in [0.4, 0.5) is 4.39 Å². The monoisotopic (exact) mass is 245 g/mol. The van der Waals surface area contributed by atoms with Gasteiger partial charge in [-0.2, -0.15) is 0 Å². The number of benzene rings is 1. The van der Waals surface area contributed by atoms with Gasteiger partial charge in [0.1, 0.15) is 11.6 Å². The predicted octanol–water partition coefficient (Wildman–Crippen LogP) is 3.25. The fourth-order valence-corrected chi connectivity index (χ4v) is 1.50. The Bertz CT molecular complexity index is 320. The van der Waals surface area contributed by atoms with E-state index in [0.717, 1.165) is 25.9 Å². The van der Waals surface area contributed by atoms with Crippen molar-refractivity contribution in [3.63, 3.8) is 0 Å². The minimum atomic E-state index is -0.345. The highest BCUT2D eigenvalue weighted by Gasteiger charge is 2.02. The van der Waals surface area contributed by atoms with Gasteiger partial charge < -0.3 is 10.1 Å². The second kappa shape index (κ2) is 7.47. The summed E-state index contributed by atoms with van der Waals surface area (Å²) in [4.78, 5) is 0. The predicted molar refractivity (Wildman–Crippen MR) is 64.7 cm³/mol. The van der Waals surface area contributed by atoms with Crippen molar-refractivity contribution in [2.75, 3.05) is 19.7 Å². The zero-order valence-corrected chi connectivity index (χ0v) is 10.2. The van der Waals surface area contributed by atoms with Crippen molar-refractivity contribution in [3.8, 4) is 5.75 Å². The number of rotatable bonds is 7. The summed E-state index contributed by atoms with van der Waals surface area (Å²) in [5.41, 5.74) is 0. The molecule has 0 aromatic heterocycles. The molecule has 0 atom stereocenters. The maximum atomic E-state index is 12.7. The Labute approximate surface area is 101 Å². The van der Waals surface area contributed by atoms with Crippen molar-refractivity contribution in [2.45, 2.75) is 19.8 Å². The quantitative estimate of drug-likeness (QED) is 0.745. The molecule has 0 heterocycles. The van der Waals surface area contributed by atoms with Gasteiger partial charge in [-0.1, -0.05) is 18.5 Å². The zero-order valence-electron chi connectivity index (χ0n) is 9.43. The summed E-state index contributed by atoms with van der Waals surface area (Å²) in [5.74, 6) is 0.195. The van der Waals surface area contributed by atoms with Crippen LogP contribution in [0.3, 0.4) is 0 Å². The van der Waals surface area contributed by atoms with E-state index < -0.39 is 0 Å². The van der Waals surface area contributed by atoms with Crippen LogP contribution in [0.2, 0.25) is 5.02 Å². The molecule has 16 heavy (non-hydrogen) atoms. The van der Waals surface area contributed by atoms with Crippen molar-refractivity contribution in [3.05, 3.63) is 29.0 Å². The van der Waals surface area contributed by atoms with Gasteiger partial charge in [-0.05, 0) is 44.1 Å². The summed E-state index contributed by atoms with van der Waals surface area (Å²) in [6, 6.07) is 4.15. The lowest BCUT2D eigenvalue weighted by atomic mass is 10.3. The van der Waals surface area contributed by atoms with Gasteiger partial charge in [-0.3, -0.25) is 0 Å². The first-order valence-electron chi connectivity index (χ1n) is 5.52. The fraction of sp³-hybridized carbons (Fsp3) is 0.500. The van der Waals surface area contributed by atoms with E-state index in [-0.39, 0.29) is 5.82 Å². The lowest BCUT2D eigenvalue weighted by molar-refractivity contribution is 0.308. The number of hydrogen-bond donors (Lipinski definition) is 1. The molecule has 0 fully saturated rings. The minimum absolute atomic E-state index is 0.321. The molecule has 0 spiro atoms.